The summed E-state index contributed by atoms with van der Waals surface area (Å²) < 4.78 is 1.02. The minimum Gasteiger partial charge on any atom is -0.316 e. The molecule has 0 aliphatic carbocycles. The Labute approximate surface area is 126 Å². The number of benzene rings is 2. The van der Waals surface area contributed by atoms with Gasteiger partial charge in [0.15, 0.2) is 0 Å². The molecule has 1 aliphatic rings. The maximum absolute atomic E-state index is 12.4. The highest BCUT2D eigenvalue weighted by atomic mass is 79.9. The zero-order valence-electron chi connectivity index (χ0n) is 11.4. The predicted octanol–water partition coefficient (Wildman–Crippen LogP) is 4.04. The molecule has 0 radical (unpaired) electrons. The van der Waals surface area contributed by atoms with Crippen molar-refractivity contribution >= 4 is 27.6 Å². The highest BCUT2D eigenvalue weighted by Gasteiger charge is 2.34. The van der Waals surface area contributed by atoms with Crippen LogP contribution in [0.4, 0.5) is 10.5 Å². The maximum atomic E-state index is 12.4. The van der Waals surface area contributed by atoms with Gasteiger partial charge in [0.2, 0.25) is 0 Å². The monoisotopic (exact) mass is 330 g/mol. The van der Waals surface area contributed by atoms with Crippen LogP contribution >= 0.6 is 15.9 Å². The van der Waals surface area contributed by atoms with E-state index in [0.29, 0.717) is 0 Å². The Morgan fingerprint density at radius 2 is 1.75 bits per heavy atom. The molecule has 0 spiro atoms. The molecule has 1 atom stereocenters. The number of amides is 2. The molecular weight excluding hydrogens is 316 g/mol. The fourth-order valence-electron chi connectivity index (χ4n) is 2.75. The average molecular weight is 331 g/mol. The van der Waals surface area contributed by atoms with Crippen LogP contribution in [0, 0.1) is 0 Å². The summed E-state index contributed by atoms with van der Waals surface area (Å²) in [4.78, 5) is 15.9. The molecule has 0 fully saturated rings. The summed E-state index contributed by atoms with van der Waals surface area (Å²) in [7, 11) is 3.66. The third kappa shape index (κ3) is 2.00. The Hall–Kier alpha value is -1.81. The van der Waals surface area contributed by atoms with E-state index >= 15 is 0 Å². The number of carbonyl (C=O) groups excluding carboxylic acids is 1. The van der Waals surface area contributed by atoms with Gasteiger partial charge in [-0.3, -0.25) is 4.90 Å². The Bertz CT molecular complexity index is 657. The van der Waals surface area contributed by atoms with Crippen molar-refractivity contribution in [3.8, 4) is 0 Å². The predicted molar refractivity (Wildman–Crippen MR) is 84.0 cm³/mol. The van der Waals surface area contributed by atoms with Gasteiger partial charge in [-0.1, -0.05) is 46.3 Å². The van der Waals surface area contributed by atoms with E-state index in [1.165, 1.54) is 0 Å². The van der Waals surface area contributed by atoms with Crippen molar-refractivity contribution in [3.05, 3.63) is 64.1 Å². The van der Waals surface area contributed by atoms with Crippen LogP contribution in [0.5, 0.6) is 0 Å². The topological polar surface area (TPSA) is 23.6 Å². The van der Waals surface area contributed by atoms with E-state index in [1.54, 1.807) is 9.80 Å². The van der Waals surface area contributed by atoms with Gasteiger partial charge in [-0.2, -0.15) is 0 Å². The normalized spacial score (nSPS) is 18.1. The van der Waals surface area contributed by atoms with Crippen molar-refractivity contribution < 1.29 is 4.79 Å². The molecule has 3 rings (SSSR count). The van der Waals surface area contributed by atoms with Crippen molar-refractivity contribution in [3.63, 3.8) is 0 Å². The summed E-state index contributed by atoms with van der Waals surface area (Å²) in [5, 5.41) is 0. The minimum atomic E-state index is -0.0487. The van der Waals surface area contributed by atoms with E-state index in [1.807, 2.05) is 44.4 Å². The van der Waals surface area contributed by atoms with Crippen molar-refractivity contribution in [1.29, 1.82) is 0 Å². The molecule has 4 heteroatoms. The second-order valence-electron chi connectivity index (χ2n) is 4.97. The van der Waals surface area contributed by atoms with Crippen molar-refractivity contribution in [2.75, 3.05) is 19.0 Å². The van der Waals surface area contributed by atoms with Gasteiger partial charge in [-0.15, -0.1) is 0 Å². The number of anilines is 1. The molecule has 20 heavy (non-hydrogen) atoms. The summed E-state index contributed by atoms with van der Waals surface area (Å²) in [6.07, 6.45) is 0. The number of rotatable bonds is 1. The third-order valence-electron chi connectivity index (χ3n) is 3.74. The van der Waals surface area contributed by atoms with Crippen LogP contribution in [0.15, 0.2) is 53.0 Å². The summed E-state index contributed by atoms with van der Waals surface area (Å²) in [6.45, 7) is 0. The van der Waals surface area contributed by atoms with Gasteiger partial charge in [0, 0.05) is 24.1 Å². The summed E-state index contributed by atoms with van der Waals surface area (Å²) in [5.74, 6) is 0. The Morgan fingerprint density at radius 1 is 1.05 bits per heavy atom. The fourth-order valence-corrected chi connectivity index (χ4v) is 3.13. The molecule has 0 saturated heterocycles. The number of hydrogen-bond donors (Lipinski definition) is 0. The zero-order valence-corrected chi connectivity index (χ0v) is 13.0. The number of hydrogen-bond acceptors (Lipinski definition) is 1. The average Bonchev–Trinajstić information content (AvgIpc) is 2.46. The van der Waals surface area contributed by atoms with Gasteiger partial charge in [0.05, 0.1) is 11.7 Å². The third-order valence-corrected chi connectivity index (χ3v) is 4.23. The maximum Gasteiger partial charge on any atom is 0.324 e. The SMILES string of the molecule is CN1C(=O)N(C)[C@@H](c2ccccc2)c2cc(Br)ccc21. The molecule has 0 unspecified atom stereocenters. The van der Waals surface area contributed by atoms with E-state index in [2.05, 4.69) is 34.1 Å². The first-order chi connectivity index (χ1) is 9.59. The van der Waals surface area contributed by atoms with E-state index in [4.69, 9.17) is 0 Å². The van der Waals surface area contributed by atoms with Gasteiger partial charge in [0.25, 0.3) is 0 Å². The Balaban J connectivity index is 2.21. The van der Waals surface area contributed by atoms with Gasteiger partial charge in [-0.05, 0) is 23.8 Å². The first kappa shape index (κ1) is 13.2. The molecule has 2 aromatic rings. The van der Waals surface area contributed by atoms with E-state index < -0.39 is 0 Å². The fraction of sp³-hybridized carbons (Fsp3) is 0.188. The highest BCUT2D eigenvalue weighted by molar-refractivity contribution is 9.10. The van der Waals surface area contributed by atoms with Crippen LogP contribution in [0.2, 0.25) is 0 Å². The number of urea groups is 1. The second kappa shape index (κ2) is 4.94. The molecule has 2 amide bonds. The largest absolute Gasteiger partial charge is 0.324 e. The van der Waals surface area contributed by atoms with Crippen molar-refractivity contribution in [2.45, 2.75) is 6.04 Å². The quantitative estimate of drug-likeness (QED) is 0.774. The van der Waals surface area contributed by atoms with Crippen LogP contribution < -0.4 is 4.90 Å². The molecule has 1 heterocycles. The standard InChI is InChI=1S/C16H15BrN2O/c1-18-14-9-8-12(17)10-13(14)15(19(2)16(18)20)11-6-4-3-5-7-11/h3-10,15H,1-2H3/t15-/m0/s1. The smallest absolute Gasteiger partial charge is 0.316 e. The number of carbonyl (C=O) groups is 1. The van der Waals surface area contributed by atoms with E-state index in [0.717, 1.165) is 21.3 Å². The lowest BCUT2D eigenvalue weighted by Crippen LogP contribution is -2.46. The first-order valence-corrected chi connectivity index (χ1v) is 7.24. The number of halogens is 1. The van der Waals surface area contributed by atoms with Crippen LogP contribution in [0.3, 0.4) is 0 Å². The van der Waals surface area contributed by atoms with Gasteiger partial charge >= 0.3 is 6.03 Å². The molecule has 1 aliphatic heterocycles. The van der Waals surface area contributed by atoms with Crippen molar-refractivity contribution in [1.82, 2.24) is 4.90 Å². The Morgan fingerprint density at radius 3 is 2.45 bits per heavy atom. The first-order valence-electron chi connectivity index (χ1n) is 6.44. The van der Waals surface area contributed by atoms with Crippen LogP contribution in [0.25, 0.3) is 0 Å². The molecular formula is C16H15BrN2O. The summed E-state index contributed by atoms with van der Waals surface area (Å²) >= 11 is 3.52. The molecule has 102 valence electrons. The zero-order chi connectivity index (χ0) is 14.3. The molecule has 0 aromatic heterocycles. The lowest BCUT2D eigenvalue weighted by molar-refractivity contribution is 0.202. The lowest BCUT2D eigenvalue weighted by atomic mass is 9.94. The molecule has 3 nitrogen and oxygen atoms in total. The lowest BCUT2D eigenvalue weighted by Gasteiger charge is -2.39. The summed E-state index contributed by atoms with van der Waals surface area (Å²) in [5.41, 5.74) is 3.22. The van der Waals surface area contributed by atoms with E-state index in [9.17, 15) is 4.79 Å². The Kier molecular flexibility index (Phi) is 3.26. The molecule has 0 saturated carbocycles. The van der Waals surface area contributed by atoms with Crippen LogP contribution in [-0.2, 0) is 0 Å². The number of fused-ring (bicyclic) bond motifs is 1. The second-order valence-corrected chi connectivity index (χ2v) is 5.88. The van der Waals surface area contributed by atoms with Crippen LogP contribution in [-0.4, -0.2) is 25.0 Å². The molecule has 2 aromatic carbocycles. The minimum absolute atomic E-state index is 0.00803. The van der Waals surface area contributed by atoms with Gasteiger partial charge in [0.1, 0.15) is 0 Å². The van der Waals surface area contributed by atoms with Gasteiger partial charge < -0.3 is 4.90 Å². The van der Waals surface area contributed by atoms with E-state index in [-0.39, 0.29) is 12.1 Å². The van der Waals surface area contributed by atoms with Gasteiger partial charge in [-0.25, -0.2) is 4.79 Å². The highest BCUT2D eigenvalue weighted by Crippen LogP contribution is 2.40. The summed E-state index contributed by atoms with van der Waals surface area (Å²) in [6, 6.07) is 16.1. The molecule has 0 bridgehead atoms. The van der Waals surface area contributed by atoms with Crippen LogP contribution in [0.1, 0.15) is 17.2 Å². The number of nitrogens with zero attached hydrogens (tertiary/aromatic N) is 2. The van der Waals surface area contributed by atoms with Crippen molar-refractivity contribution in [2.24, 2.45) is 0 Å². The molecule has 0 N–H and O–H groups in total.